The Hall–Kier alpha value is -3.88. The number of amides is 1. The highest BCUT2D eigenvalue weighted by Crippen LogP contribution is 2.40. The van der Waals surface area contributed by atoms with Gasteiger partial charge < -0.3 is 135 Å². The van der Waals surface area contributed by atoms with E-state index in [1.807, 2.05) is 18.9 Å². The molecule has 0 radical (unpaired) electrons. The van der Waals surface area contributed by atoms with Crippen molar-refractivity contribution in [3.63, 3.8) is 0 Å². The molecule has 29 heteroatoms. The van der Waals surface area contributed by atoms with E-state index in [4.69, 9.17) is 33.2 Å². The normalized spacial score (nSPS) is 46.6. The van der Waals surface area contributed by atoms with Crippen molar-refractivity contribution >= 4 is 11.9 Å². The Balaban J connectivity index is 1.26. The Labute approximate surface area is 542 Å². The molecule has 18 N–H and O–H groups in total. The molecule has 0 aromatic heterocycles. The molecule has 0 saturated carbocycles. The fraction of sp³-hybridized carbons (Fsp3) is 0.750. The molecule has 5 saturated heterocycles. The molecule has 93 heavy (non-hydrogen) atoms. The highest BCUT2D eigenvalue weighted by molar-refractivity contribution is 5.80. The number of allylic oxidation sites excluding steroid dienone is 12. The van der Waals surface area contributed by atoms with E-state index in [1.165, 1.54) is 13.0 Å². The lowest BCUT2D eigenvalue weighted by Crippen LogP contribution is -2.70. The molecular formula is C64H103N3O26. The molecule has 1 amide bonds. The van der Waals surface area contributed by atoms with Crippen molar-refractivity contribution in [1.29, 1.82) is 0 Å². The summed E-state index contributed by atoms with van der Waals surface area (Å²) in [7, 11) is 1.89. The maximum absolute atomic E-state index is 14.6. The van der Waals surface area contributed by atoms with Gasteiger partial charge in [-0.2, -0.15) is 0 Å². The lowest BCUT2D eigenvalue weighted by Gasteiger charge is -2.48. The van der Waals surface area contributed by atoms with Gasteiger partial charge in [-0.3, -0.25) is 9.59 Å². The third kappa shape index (κ3) is 22.3. The number of fused-ring (bicyclic) bond motifs is 2. The molecular weight excluding hydrogens is 1230 g/mol. The summed E-state index contributed by atoms with van der Waals surface area (Å²) < 4.78 is 40.9. The van der Waals surface area contributed by atoms with E-state index in [0.29, 0.717) is 13.1 Å². The minimum absolute atomic E-state index is 0.148. The van der Waals surface area contributed by atoms with E-state index >= 15 is 0 Å². The Morgan fingerprint density at radius 3 is 1.84 bits per heavy atom. The monoisotopic (exact) mass is 1330 g/mol. The molecule has 6 aliphatic heterocycles. The van der Waals surface area contributed by atoms with Gasteiger partial charge in [-0.1, -0.05) is 98.9 Å². The number of cyclic esters (lactones) is 1. The molecule has 5 fully saturated rings. The lowest BCUT2D eigenvalue weighted by molar-refractivity contribution is -0.368. The zero-order valence-corrected chi connectivity index (χ0v) is 53.4. The Morgan fingerprint density at radius 1 is 0.613 bits per heavy atom. The number of esters is 1. The van der Waals surface area contributed by atoms with E-state index < -0.39 is 221 Å². The second kappa shape index (κ2) is 36.6. The third-order valence-electron chi connectivity index (χ3n) is 18.2. The van der Waals surface area contributed by atoms with Gasteiger partial charge in [0.15, 0.2) is 18.4 Å². The van der Waals surface area contributed by atoms with Crippen molar-refractivity contribution in [1.82, 2.24) is 15.1 Å². The molecule has 2 unspecified atom stereocenters. The molecule has 6 aliphatic rings. The summed E-state index contributed by atoms with van der Waals surface area (Å²) in [6.45, 7) is 5.89. The first-order chi connectivity index (χ1) is 44.0. The molecule has 0 aliphatic carbocycles. The Bertz CT molecular complexity index is 2500. The van der Waals surface area contributed by atoms with Crippen LogP contribution in [-0.2, 0) is 42.7 Å². The molecule has 6 heterocycles. The minimum Gasteiger partial charge on any atom is -0.462 e. The quantitative estimate of drug-likeness (QED) is 0.0971. The molecule has 0 spiro atoms. The van der Waals surface area contributed by atoms with Crippen LogP contribution in [0.3, 0.4) is 0 Å². The van der Waals surface area contributed by atoms with E-state index in [-0.39, 0.29) is 44.7 Å². The van der Waals surface area contributed by atoms with Crippen LogP contribution in [0.25, 0.3) is 0 Å². The van der Waals surface area contributed by atoms with Gasteiger partial charge in [0.1, 0.15) is 54.9 Å². The van der Waals surface area contributed by atoms with Crippen molar-refractivity contribution in [3.05, 3.63) is 85.1 Å². The van der Waals surface area contributed by atoms with Crippen LogP contribution in [0.2, 0.25) is 0 Å². The van der Waals surface area contributed by atoms with E-state index in [9.17, 15) is 96.4 Å². The van der Waals surface area contributed by atoms with Crippen molar-refractivity contribution in [2.24, 2.45) is 17.8 Å². The number of rotatable bonds is 9. The van der Waals surface area contributed by atoms with Gasteiger partial charge in [-0.25, -0.2) is 0 Å². The van der Waals surface area contributed by atoms with E-state index in [1.54, 1.807) is 97.7 Å². The summed E-state index contributed by atoms with van der Waals surface area (Å²) in [4.78, 5) is 31.0. The molecule has 6 rings (SSSR count). The number of aliphatic hydroxyl groups is 17. The fourth-order valence-corrected chi connectivity index (χ4v) is 12.2. The third-order valence-corrected chi connectivity index (χ3v) is 18.2. The molecule has 0 aromatic carbocycles. The number of carbonyl (C=O) groups excluding carboxylic acids is 2. The van der Waals surface area contributed by atoms with Gasteiger partial charge in [0, 0.05) is 63.7 Å². The van der Waals surface area contributed by atoms with Crippen LogP contribution >= 0.6 is 0 Å². The maximum Gasteiger partial charge on any atom is 0.308 e. The van der Waals surface area contributed by atoms with Crippen LogP contribution in [0.4, 0.5) is 0 Å². The van der Waals surface area contributed by atoms with Gasteiger partial charge in [-0.05, 0) is 40.2 Å². The van der Waals surface area contributed by atoms with Crippen molar-refractivity contribution < 1.29 is 130 Å². The molecule has 0 aromatic rings. The fourth-order valence-electron chi connectivity index (χ4n) is 12.2. The molecule has 29 nitrogen and oxygen atoms in total. The number of hydrogen-bond acceptors (Lipinski definition) is 28. The van der Waals surface area contributed by atoms with Crippen molar-refractivity contribution in [2.45, 2.75) is 231 Å². The van der Waals surface area contributed by atoms with Crippen molar-refractivity contribution in [3.8, 4) is 0 Å². The number of likely N-dealkylation sites (N-methyl/N-ethyl adjacent to an activating group) is 1. The first-order valence-electron chi connectivity index (χ1n) is 32.1. The van der Waals surface area contributed by atoms with Crippen LogP contribution < -0.4 is 5.32 Å². The number of nitrogens with zero attached hydrogens (tertiary/aromatic N) is 2. The summed E-state index contributed by atoms with van der Waals surface area (Å²) in [6.07, 6.45) is -13.2. The first-order valence-corrected chi connectivity index (χ1v) is 32.1. The summed E-state index contributed by atoms with van der Waals surface area (Å²) in [5, 5.41) is 191. The maximum atomic E-state index is 14.6. The average molecular weight is 1330 g/mol. The minimum atomic E-state index is -2.67. The zero-order chi connectivity index (χ0) is 68.5. The smallest absolute Gasteiger partial charge is 0.308 e. The highest BCUT2D eigenvalue weighted by Gasteiger charge is 2.56. The number of hydrogen-bond donors (Lipinski definition) is 18. The number of carbonyl (C=O) groups is 2. The molecule has 28 atom stereocenters. The van der Waals surface area contributed by atoms with Crippen LogP contribution in [0, 0.1) is 17.8 Å². The second-order valence-electron chi connectivity index (χ2n) is 25.7. The highest BCUT2D eigenvalue weighted by atomic mass is 16.7. The number of nitrogens with one attached hydrogen (secondary N) is 1. The zero-order valence-electron chi connectivity index (χ0n) is 53.4. The largest absolute Gasteiger partial charge is 0.462 e. The SMILES string of the molecule is C[C@@H]1[C@H](O)[C@@H](C)\C=C/C=C\C=C/C=C\C=C/C=C\C=C/[C@H](O[C@@H]2O[C@H](C)[C@@H](O)[C@H](NC[C@@]3(O)OC[C@@H](O)[C@@H](O[C@H]4O[C@H](CO)[C@@H](O)[C@H](O)[C@H]4O)[C@@H]3O)[C@@H]2O)CC2O[C@](O)(C[C@@H](O)C[C@@H](O)[C@H](O)CC[C@@H](O)C[C@@H](O)CC(=O)O[C@H]1C)C[C@H](O)C2C(=O)N1CCN(C)CC1. The van der Waals surface area contributed by atoms with Gasteiger partial charge in [-0.15, -0.1) is 0 Å². The number of ether oxygens (including phenoxy) is 7. The standard InChI is InChI=1S/C64H103N3O26/c1-35-18-16-14-12-10-8-6-7-9-11-13-15-17-19-42(90-61-55(80)51(53(78)38(4)89-61)65-34-64(86)59(83)58(46(75)33-87-64)92-62-57(82)56(81)54(79)48(32-68)91-62)29-47-50(60(84)67-24-22-66(5)23-25-67)45(74)31-63(85,93-47)30-41(71)27-44(73)43(72)21-20-39(69)26-40(70)28-49(76)88-37(3)36(2)52(35)77/h6-19,35-48,50-59,61-62,65,68-75,77-83,85-86H,20-34H2,1-5H3/b7-6-,10-8-,11-9-,14-12-,15-13-,18-16-,19-17-/t35-,36-,37-,38+,39+,40+,41-,42-,43+,44+,45-,46+,47?,48+,50?,51-,52+,53+,54+,55-,56-,57+,58+,59-,61-,62+,63+,64+/m0/s1. The summed E-state index contributed by atoms with van der Waals surface area (Å²) >= 11 is 0. The first kappa shape index (κ1) is 78.1. The van der Waals surface area contributed by atoms with Gasteiger partial charge in [0.25, 0.3) is 0 Å². The van der Waals surface area contributed by atoms with Crippen LogP contribution in [0.15, 0.2) is 85.1 Å². The van der Waals surface area contributed by atoms with E-state index in [2.05, 4.69) is 5.32 Å². The van der Waals surface area contributed by atoms with Crippen molar-refractivity contribution in [2.75, 3.05) is 53.0 Å². The Morgan fingerprint density at radius 2 is 1.22 bits per heavy atom. The molecule has 2 bridgehead atoms. The predicted octanol–water partition coefficient (Wildman–Crippen LogP) is -4.34. The number of aliphatic hydroxyl groups excluding tert-OH is 15. The average Bonchev–Trinajstić information content (AvgIpc) is 0.788. The second-order valence-corrected chi connectivity index (χ2v) is 25.7. The van der Waals surface area contributed by atoms with Gasteiger partial charge >= 0.3 is 5.97 Å². The van der Waals surface area contributed by atoms with Crippen LogP contribution in [0.5, 0.6) is 0 Å². The number of piperazine rings is 1. The topological polar surface area (TPSA) is 461 Å². The van der Waals surface area contributed by atoms with Gasteiger partial charge in [0.2, 0.25) is 11.7 Å². The predicted molar refractivity (Wildman–Crippen MR) is 329 cm³/mol. The molecule has 530 valence electrons. The van der Waals surface area contributed by atoms with Gasteiger partial charge in [0.05, 0.1) is 105 Å². The Kier molecular flexibility index (Phi) is 30.8. The van der Waals surface area contributed by atoms with E-state index in [0.717, 1.165) is 0 Å². The summed E-state index contributed by atoms with van der Waals surface area (Å²) in [6, 6.07) is -1.46. The summed E-state index contributed by atoms with van der Waals surface area (Å²) in [5.41, 5.74) is 0. The summed E-state index contributed by atoms with van der Waals surface area (Å²) in [5.74, 6) is -8.52. The lowest BCUT2D eigenvalue weighted by atomic mass is 9.81. The van der Waals surface area contributed by atoms with Crippen LogP contribution in [-0.4, -0.2) is 314 Å². The van der Waals surface area contributed by atoms with Crippen LogP contribution in [0.1, 0.15) is 79.1 Å².